The molecule has 3 aromatic rings. The summed E-state index contributed by atoms with van der Waals surface area (Å²) >= 11 is 0. The third-order valence-electron chi connectivity index (χ3n) is 4.34. The van der Waals surface area contributed by atoms with E-state index in [-0.39, 0.29) is 17.0 Å². The zero-order valence-electron chi connectivity index (χ0n) is 17.8. The zero-order valence-corrected chi connectivity index (χ0v) is 17.8. The number of carbonyl (C=O) groups excluding carboxylic acids is 2. The Kier molecular flexibility index (Phi) is 7.43. The maximum atomic E-state index is 12.4. The first-order valence-corrected chi connectivity index (χ1v) is 9.87. The summed E-state index contributed by atoms with van der Waals surface area (Å²) in [4.78, 5) is 38.8. The van der Waals surface area contributed by atoms with E-state index in [4.69, 9.17) is 9.47 Å². The van der Waals surface area contributed by atoms with Crippen LogP contribution in [0, 0.1) is 17.0 Å². The first-order valence-electron chi connectivity index (χ1n) is 9.87. The first kappa shape index (κ1) is 23.1. The van der Waals surface area contributed by atoms with E-state index in [0.29, 0.717) is 23.5 Å². The van der Waals surface area contributed by atoms with Gasteiger partial charge in [-0.25, -0.2) is 10.2 Å². The molecule has 10 heteroatoms. The fourth-order valence-electron chi connectivity index (χ4n) is 2.67. The molecule has 168 valence electrons. The second-order valence-corrected chi connectivity index (χ2v) is 6.72. The number of nitro groups is 1. The number of hydrazone groups is 1. The molecule has 1 heterocycles. The third kappa shape index (κ3) is 6.20. The number of pyridine rings is 1. The molecule has 0 unspecified atom stereocenters. The number of benzene rings is 2. The van der Waals surface area contributed by atoms with E-state index >= 15 is 0 Å². The lowest BCUT2D eigenvalue weighted by Gasteiger charge is -2.11. The molecule has 1 aromatic heterocycles. The van der Waals surface area contributed by atoms with Gasteiger partial charge in [0.15, 0.2) is 11.5 Å². The Labute approximate surface area is 189 Å². The smallest absolute Gasteiger partial charge is 0.343 e. The van der Waals surface area contributed by atoms with Gasteiger partial charge in [0.05, 0.1) is 28.9 Å². The van der Waals surface area contributed by atoms with Crippen molar-refractivity contribution in [1.29, 1.82) is 0 Å². The summed E-state index contributed by atoms with van der Waals surface area (Å²) in [5.74, 6) is -0.624. The highest BCUT2D eigenvalue weighted by molar-refractivity contribution is 5.95. The Morgan fingerprint density at radius 3 is 2.45 bits per heavy atom. The molecule has 0 aliphatic rings. The first-order chi connectivity index (χ1) is 15.9. The van der Waals surface area contributed by atoms with E-state index in [9.17, 15) is 19.7 Å². The molecule has 10 nitrogen and oxygen atoms in total. The number of hydrogen-bond donors (Lipinski definition) is 1. The summed E-state index contributed by atoms with van der Waals surface area (Å²) in [6.07, 6.45) is 2.88. The molecule has 0 bridgehead atoms. The minimum Gasteiger partial charge on any atom is -0.490 e. The zero-order chi connectivity index (χ0) is 23.8. The van der Waals surface area contributed by atoms with E-state index in [1.54, 1.807) is 31.2 Å². The van der Waals surface area contributed by atoms with Gasteiger partial charge < -0.3 is 9.47 Å². The highest BCUT2D eigenvalue weighted by atomic mass is 16.6. The Morgan fingerprint density at radius 2 is 1.82 bits per heavy atom. The van der Waals surface area contributed by atoms with Crippen molar-refractivity contribution in [3.8, 4) is 11.5 Å². The summed E-state index contributed by atoms with van der Waals surface area (Å²) in [5.41, 5.74) is 4.21. The quantitative estimate of drug-likeness (QED) is 0.183. The van der Waals surface area contributed by atoms with Gasteiger partial charge in [-0.15, -0.1) is 0 Å². The van der Waals surface area contributed by atoms with Crippen molar-refractivity contribution < 1.29 is 24.0 Å². The lowest BCUT2D eigenvalue weighted by Crippen LogP contribution is -2.17. The van der Waals surface area contributed by atoms with E-state index < -0.39 is 16.8 Å². The van der Waals surface area contributed by atoms with Crippen LogP contribution in [0.4, 0.5) is 5.69 Å². The van der Waals surface area contributed by atoms with Gasteiger partial charge >= 0.3 is 5.97 Å². The number of nitrogens with zero attached hydrogens (tertiary/aromatic N) is 3. The van der Waals surface area contributed by atoms with Crippen LogP contribution >= 0.6 is 0 Å². The Morgan fingerprint density at radius 1 is 1.09 bits per heavy atom. The molecule has 3 rings (SSSR count). The maximum Gasteiger partial charge on any atom is 0.343 e. The molecule has 0 saturated heterocycles. The van der Waals surface area contributed by atoms with Crippen LogP contribution in [0.25, 0.3) is 0 Å². The topological polar surface area (TPSA) is 133 Å². The van der Waals surface area contributed by atoms with Crippen LogP contribution in [0.1, 0.15) is 38.9 Å². The monoisotopic (exact) mass is 448 g/mol. The molecule has 0 aliphatic carbocycles. The Hall–Kier alpha value is -4.60. The van der Waals surface area contributed by atoms with Crippen LogP contribution in [0.15, 0.2) is 65.9 Å². The summed E-state index contributed by atoms with van der Waals surface area (Å²) < 4.78 is 10.9. The van der Waals surface area contributed by atoms with Crippen LogP contribution in [-0.4, -0.2) is 34.6 Å². The number of aryl methyl sites for hydroxylation is 1. The molecule has 0 spiro atoms. The van der Waals surface area contributed by atoms with Crippen molar-refractivity contribution in [3.05, 3.63) is 93.3 Å². The van der Waals surface area contributed by atoms with Crippen molar-refractivity contribution in [2.45, 2.75) is 13.8 Å². The largest absolute Gasteiger partial charge is 0.490 e. The summed E-state index contributed by atoms with van der Waals surface area (Å²) in [6, 6.07) is 13.2. The van der Waals surface area contributed by atoms with E-state index in [2.05, 4.69) is 15.5 Å². The van der Waals surface area contributed by atoms with Crippen molar-refractivity contribution in [2.75, 3.05) is 6.61 Å². The van der Waals surface area contributed by atoms with Crippen LogP contribution < -0.4 is 14.9 Å². The number of amides is 1. The molecule has 33 heavy (non-hydrogen) atoms. The van der Waals surface area contributed by atoms with Gasteiger partial charge in [-0.1, -0.05) is 0 Å². The number of ether oxygens (including phenoxy) is 2. The standard InChI is InChI=1S/C23H20N4O6/c1-3-32-21-12-16(13-25-26-22(28)18-6-4-15(2)24-14-18)5-11-20(21)33-23(29)17-7-9-19(10-8-17)27(30)31/h4-14H,3H2,1-2H3,(H,26,28)/b25-13+. The summed E-state index contributed by atoms with van der Waals surface area (Å²) in [7, 11) is 0. The third-order valence-corrected chi connectivity index (χ3v) is 4.34. The van der Waals surface area contributed by atoms with Crippen LogP contribution in [0.3, 0.4) is 0 Å². The molecule has 0 aliphatic heterocycles. The summed E-state index contributed by atoms with van der Waals surface area (Å²) in [6.45, 7) is 3.92. The van der Waals surface area contributed by atoms with E-state index in [1.165, 1.54) is 42.7 Å². The van der Waals surface area contributed by atoms with Crippen LogP contribution in [0.2, 0.25) is 0 Å². The average molecular weight is 448 g/mol. The van der Waals surface area contributed by atoms with Crippen LogP contribution in [0.5, 0.6) is 11.5 Å². The van der Waals surface area contributed by atoms with Gasteiger partial charge in [0.1, 0.15) is 0 Å². The van der Waals surface area contributed by atoms with Gasteiger partial charge in [-0.3, -0.25) is 19.9 Å². The molecule has 0 radical (unpaired) electrons. The number of aromatic nitrogens is 1. The number of rotatable bonds is 8. The molecule has 0 atom stereocenters. The normalized spacial score (nSPS) is 10.6. The van der Waals surface area contributed by atoms with Crippen molar-refractivity contribution in [3.63, 3.8) is 0 Å². The molecule has 0 saturated carbocycles. The minimum absolute atomic E-state index is 0.129. The predicted molar refractivity (Wildman–Crippen MR) is 120 cm³/mol. The maximum absolute atomic E-state index is 12.4. The average Bonchev–Trinajstić information content (AvgIpc) is 2.81. The van der Waals surface area contributed by atoms with Crippen molar-refractivity contribution in [1.82, 2.24) is 10.4 Å². The molecular weight excluding hydrogens is 428 g/mol. The second-order valence-electron chi connectivity index (χ2n) is 6.72. The fraction of sp³-hybridized carbons (Fsp3) is 0.130. The fourth-order valence-corrected chi connectivity index (χ4v) is 2.67. The number of nitro benzene ring substituents is 1. The van der Waals surface area contributed by atoms with Gasteiger partial charge in [0, 0.05) is 24.0 Å². The minimum atomic E-state index is -0.689. The number of nitrogens with one attached hydrogen (secondary N) is 1. The van der Waals surface area contributed by atoms with Gasteiger partial charge in [0.2, 0.25) is 0 Å². The Balaban J connectivity index is 1.69. The SMILES string of the molecule is CCOc1cc(/C=N/NC(=O)c2ccc(C)nc2)ccc1OC(=O)c1ccc([N+](=O)[O-])cc1. The van der Waals surface area contributed by atoms with E-state index in [0.717, 1.165) is 5.69 Å². The number of esters is 1. The molecule has 0 fully saturated rings. The van der Waals surface area contributed by atoms with Crippen molar-refractivity contribution >= 4 is 23.8 Å². The van der Waals surface area contributed by atoms with Gasteiger partial charge in [-0.05, 0) is 61.9 Å². The van der Waals surface area contributed by atoms with Crippen molar-refractivity contribution in [2.24, 2.45) is 5.10 Å². The van der Waals surface area contributed by atoms with Gasteiger partial charge in [0.25, 0.3) is 11.6 Å². The highest BCUT2D eigenvalue weighted by Gasteiger charge is 2.15. The predicted octanol–water partition coefficient (Wildman–Crippen LogP) is 3.68. The Bertz CT molecular complexity index is 1190. The number of non-ortho nitro benzene ring substituents is 1. The number of carbonyl (C=O) groups is 2. The molecule has 1 amide bonds. The lowest BCUT2D eigenvalue weighted by molar-refractivity contribution is -0.384. The highest BCUT2D eigenvalue weighted by Crippen LogP contribution is 2.29. The van der Waals surface area contributed by atoms with Crippen LogP contribution in [-0.2, 0) is 0 Å². The second kappa shape index (κ2) is 10.6. The summed E-state index contributed by atoms with van der Waals surface area (Å²) in [5, 5.41) is 14.7. The molecular formula is C23H20N4O6. The number of hydrogen-bond acceptors (Lipinski definition) is 8. The lowest BCUT2D eigenvalue weighted by atomic mass is 10.2. The van der Waals surface area contributed by atoms with E-state index in [1.807, 2.05) is 6.92 Å². The van der Waals surface area contributed by atoms with Gasteiger partial charge in [-0.2, -0.15) is 5.10 Å². The molecule has 2 aromatic carbocycles. The molecule has 1 N–H and O–H groups in total.